The molecule has 0 aliphatic carbocycles. The summed E-state index contributed by atoms with van der Waals surface area (Å²) in [6.07, 6.45) is 19.5. The van der Waals surface area contributed by atoms with Crippen LogP contribution < -0.4 is 16.8 Å². The molecule has 0 saturated carbocycles. The molecule has 12 nitrogen and oxygen atoms in total. The zero-order chi connectivity index (χ0) is 37.5. The lowest BCUT2D eigenvalue weighted by Gasteiger charge is -2.24. The van der Waals surface area contributed by atoms with Crippen LogP contribution >= 0.6 is 0 Å². The first-order chi connectivity index (χ1) is 23.9. The first kappa shape index (κ1) is 47.0. The number of alkyl carbamates (subject to hydrolysis) is 1. The van der Waals surface area contributed by atoms with Gasteiger partial charge in [-0.05, 0) is 46.5 Å². The molecule has 0 radical (unpaired) electrons. The molecule has 0 rings (SSSR count). The topological polar surface area (TPSA) is 182 Å². The molecule has 5 N–H and O–H groups in total. The highest BCUT2D eigenvalue weighted by atomic mass is 16.6. The maximum Gasteiger partial charge on any atom is 0.408 e. The Kier molecular flexibility index (Phi) is 28.9. The second kappa shape index (κ2) is 30.7. The fraction of sp³-hybridized carbons (Fsp3) is 0.868. The Bertz CT molecular complexity index is 934. The number of nitrogens with one attached hydrogen (secondary N) is 1. The van der Waals surface area contributed by atoms with E-state index in [-0.39, 0.29) is 50.9 Å². The van der Waals surface area contributed by atoms with Crippen LogP contribution in [0.5, 0.6) is 0 Å². The number of aliphatic imine (C=N–C) groups is 1. The minimum absolute atomic E-state index is 0.0800. The van der Waals surface area contributed by atoms with Gasteiger partial charge in [0.1, 0.15) is 24.9 Å². The molecular formula is C38H72N4O8. The highest BCUT2D eigenvalue weighted by Crippen LogP contribution is 2.14. The molecule has 0 aliphatic heterocycles. The summed E-state index contributed by atoms with van der Waals surface area (Å²) < 4.78 is 21.9. The molecule has 0 aromatic rings. The van der Waals surface area contributed by atoms with Crippen molar-refractivity contribution in [2.75, 3.05) is 19.8 Å². The maximum absolute atomic E-state index is 13.1. The zero-order valence-corrected chi connectivity index (χ0v) is 32.2. The zero-order valence-electron chi connectivity index (χ0n) is 32.2. The monoisotopic (exact) mass is 713 g/mol. The molecule has 2 atom stereocenters. The van der Waals surface area contributed by atoms with Crippen molar-refractivity contribution in [1.29, 1.82) is 0 Å². The molecule has 0 aromatic carbocycles. The number of nitrogens with zero attached hydrogens (tertiary/aromatic N) is 1. The van der Waals surface area contributed by atoms with Crippen molar-refractivity contribution in [2.24, 2.45) is 16.5 Å². The van der Waals surface area contributed by atoms with E-state index in [1.165, 1.54) is 70.6 Å². The van der Waals surface area contributed by atoms with E-state index in [0.29, 0.717) is 12.8 Å². The van der Waals surface area contributed by atoms with E-state index in [1.807, 2.05) is 0 Å². The average molecular weight is 713 g/mol. The first-order valence-electron chi connectivity index (χ1n) is 19.4. The van der Waals surface area contributed by atoms with Gasteiger partial charge in [-0.3, -0.25) is 14.6 Å². The number of guanidine groups is 1. The number of esters is 3. The van der Waals surface area contributed by atoms with E-state index < -0.39 is 35.8 Å². The number of rotatable bonds is 31. The summed E-state index contributed by atoms with van der Waals surface area (Å²) in [6, 6.07) is -1.06. The number of unbranched alkanes of at least 4 members (excludes halogenated alkanes) is 16. The molecular weight excluding hydrogens is 640 g/mol. The average Bonchev–Trinajstić information content (AvgIpc) is 3.04. The number of hydrogen-bond donors (Lipinski definition) is 3. The van der Waals surface area contributed by atoms with Gasteiger partial charge in [-0.1, -0.05) is 117 Å². The van der Waals surface area contributed by atoms with Crippen molar-refractivity contribution in [2.45, 2.75) is 194 Å². The SMILES string of the molecule is CCCCCCCCCCCC(=O)OC[C@@H](COC(=O)[C@H](CCCN=C(N)N)NC(=O)OC(C)(C)C)OC(=O)CCCCCCCCCCC. The van der Waals surface area contributed by atoms with Crippen LogP contribution in [0.4, 0.5) is 4.79 Å². The van der Waals surface area contributed by atoms with E-state index in [0.717, 1.165) is 38.5 Å². The number of carbonyl (C=O) groups is 4. The Morgan fingerprint density at radius 1 is 0.640 bits per heavy atom. The van der Waals surface area contributed by atoms with E-state index in [1.54, 1.807) is 20.8 Å². The van der Waals surface area contributed by atoms with Gasteiger partial charge in [0.05, 0.1) is 0 Å². The van der Waals surface area contributed by atoms with Gasteiger partial charge in [0.25, 0.3) is 0 Å². The Morgan fingerprint density at radius 2 is 1.10 bits per heavy atom. The smallest absolute Gasteiger partial charge is 0.408 e. The van der Waals surface area contributed by atoms with Crippen molar-refractivity contribution in [1.82, 2.24) is 5.32 Å². The highest BCUT2D eigenvalue weighted by molar-refractivity contribution is 5.81. The summed E-state index contributed by atoms with van der Waals surface area (Å²) in [4.78, 5) is 54.8. The van der Waals surface area contributed by atoms with Crippen LogP contribution in [0, 0.1) is 0 Å². The van der Waals surface area contributed by atoms with Crippen molar-refractivity contribution in [3.8, 4) is 0 Å². The molecule has 0 saturated heterocycles. The lowest BCUT2D eigenvalue weighted by Crippen LogP contribution is -2.45. The van der Waals surface area contributed by atoms with Crippen molar-refractivity contribution in [3.63, 3.8) is 0 Å². The molecule has 50 heavy (non-hydrogen) atoms. The van der Waals surface area contributed by atoms with Crippen molar-refractivity contribution >= 4 is 30.0 Å². The van der Waals surface area contributed by atoms with E-state index in [4.69, 9.17) is 30.4 Å². The van der Waals surface area contributed by atoms with Gasteiger partial charge in [-0.15, -0.1) is 0 Å². The van der Waals surface area contributed by atoms with Crippen LogP contribution in [0.3, 0.4) is 0 Å². The van der Waals surface area contributed by atoms with E-state index in [2.05, 4.69) is 24.2 Å². The fourth-order valence-electron chi connectivity index (χ4n) is 5.26. The summed E-state index contributed by atoms with van der Waals surface area (Å²) >= 11 is 0. The van der Waals surface area contributed by atoms with Gasteiger partial charge in [0.15, 0.2) is 12.1 Å². The molecule has 292 valence electrons. The molecule has 1 amide bonds. The number of hydrogen-bond acceptors (Lipinski definition) is 9. The first-order valence-corrected chi connectivity index (χ1v) is 19.4. The van der Waals surface area contributed by atoms with Crippen LogP contribution in [0.1, 0.15) is 176 Å². The predicted molar refractivity (Wildman–Crippen MR) is 199 cm³/mol. The van der Waals surface area contributed by atoms with Crippen LogP contribution in [0.25, 0.3) is 0 Å². The summed E-state index contributed by atoms with van der Waals surface area (Å²) in [7, 11) is 0. The second-order valence-electron chi connectivity index (χ2n) is 14.2. The number of amides is 1. The highest BCUT2D eigenvalue weighted by Gasteiger charge is 2.27. The normalized spacial score (nSPS) is 12.4. The molecule has 0 aromatic heterocycles. The van der Waals surface area contributed by atoms with Crippen LogP contribution in [0.15, 0.2) is 4.99 Å². The van der Waals surface area contributed by atoms with Crippen LogP contribution in [0.2, 0.25) is 0 Å². The quantitative estimate of drug-likeness (QED) is 0.0211. The minimum atomic E-state index is -1.06. The summed E-state index contributed by atoms with van der Waals surface area (Å²) in [5.74, 6) is -1.65. The summed E-state index contributed by atoms with van der Waals surface area (Å²) in [5.41, 5.74) is 10.0. The van der Waals surface area contributed by atoms with Crippen molar-refractivity contribution < 1.29 is 38.1 Å². The number of ether oxygens (including phenoxy) is 4. The van der Waals surface area contributed by atoms with E-state index in [9.17, 15) is 19.2 Å². The third-order valence-electron chi connectivity index (χ3n) is 8.03. The van der Waals surface area contributed by atoms with Crippen LogP contribution in [-0.2, 0) is 33.3 Å². The molecule has 0 bridgehead atoms. The molecule has 0 heterocycles. The minimum Gasteiger partial charge on any atom is -0.462 e. The van der Waals surface area contributed by atoms with Gasteiger partial charge < -0.3 is 35.7 Å². The van der Waals surface area contributed by atoms with Crippen molar-refractivity contribution in [3.05, 3.63) is 0 Å². The predicted octanol–water partition coefficient (Wildman–Crippen LogP) is 7.77. The van der Waals surface area contributed by atoms with Gasteiger partial charge >= 0.3 is 24.0 Å². The van der Waals surface area contributed by atoms with Gasteiger partial charge in [-0.2, -0.15) is 0 Å². The molecule has 12 heteroatoms. The van der Waals surface area contributed by atoms with Crippen LogP contribution in [-0.4, -0.2) is 67.5 Å². The third kappa shape index (κ3) is 31.0. The molecule has 0 aliphatic rings. The van der Waals surface area contributed by atoms with E-state index >= 15 is 0 Å². The molecule has 0 fully saturated rings. The molecule has 0 spiro atoms. The number of carbonyl (C=O) groups excluding carboxylic acids is 4. The third-order valence-corrected chi connectivity index (χ3v) is 8.03. The van der Waals surface area contributed by atoms with Gasteiger partial charge in [0.2, 0.25) is 0 Å². The Hall–Kier alpha value is -3.05. The Labute approximate surface area is 302 Å². The number of nitrogens with two attached hydrogens (primary N) is 2. The second-order valence-corrected chi connectivity index (χ2v) is 14.2. The summed E-state index contributed by atoms with van der Waals surface area (Å²) in [5, 5.41) is 2.55. The standard InChI is InChI=1S/C38H72N4O8/c1-6-8-10-12-14-16-18-20-22-26-33(43)47-29-31(49-34(44)27-23-21-19-17-15-13-11-9-7-2)30-48-35(45)32(25-24-28-41-36(39)40)42-37(46)50-38(3,4)5/h31-32H,6-30H2,1-5H3,(H,42,46)(H4,39,40,41)/t31-,32-/m0/s1. The molecule has 0 unspecified atom stereocenters. The van der Waals surface area contributed by atoms with Gasteiger partial charge in [0, 0.05) is 19.4 Å². The maximum atomic E-state index is 13.1. The fourth-order valence-corrected chi connectivity index (χ4v) is 5.26. The lowest BCUT2D eigenvalue weighted by atomic mass is 10.1. The summed E-state index contributed by atoms with van der Waals surface area (Å²) in [6.45, 7) is 9.22. The Balaban J connectivity index is 5.09. The van der Waals surface area contributed by atoms with Gasteiger partial charge in [-0.25, -0.2) is 9.59 Å². The Morgan fingerprint density at radius 3 is 1.58 bits per heavy atom. The lowest BCUT2D eigenvalue weighted by molar-refractivity contribution is -0.167. The largest absolute Gasteiger partial charge is 0.462 e.